The fourth-order valence-corrected chi connectivity index (χ4v) is 2.67. The van der Waals surface area contributed by atoms with Gasteiger partial charge in [-0.2, -0.15) is 0 Å². The van der Waals surface area contributed by atoms with Gasteiger partial charge < -0.3 is 0 Å². The third kappa shape index (κ3) is 3.43. The first-order chi connectivity index (χ1) is 10.9. The molecule has 0 aliphatic rings. The van der Waals surface area contributed by atoms with E-state index >= 15 is 0 Å². The number of nitrogens with zero attached hydrogens (tertiary/aromatic N) is 1. The Morgan fingerprint density at radius 3 is 2.41 bits per heavy atom. The van der Waals surface area contributed by atoms with Gasteiger partial charge in [-0.1, -0.05) is 61.9 Å². The van der Waals surface area contributed by atoms with Gasteiger partial charge in [0.15, 0.2) is 0 Å². The Morgan fingerprint density at radius 2 is 1.59 bits per heavy atom. The lowest BCUT2D eigenvalue weighted by atomic mass is 10.0. The fraction of sp³-hybridized carbons (Fsp3) is 0.190. The van der Waals surface area contributed by atoms with E-state index in [1.165, 1.54) is 35.1 Å². The normalized spacial score (nSPS) is 10.6. The summed E-state index contributed by atoms with van der Waals surface area (Å²) in [7, 11) is 0. The van der Waals surface area contributed by atoms with Crippen LogP contribution < -0.4 is 0 Å². The van der Waals surface area contributed by atoms with Crippen molar-refractivity contribution in [3.05, 3.63) is 78.5 Å². The Kier molecular flexibility index (Phi) is 4.65. The molecule has 1 aromatic heterocycles. The van der Waals surface area contributed by atoms with E-state index in [2.05, 4.69) is 72.6 Å². The van der Waals surface area contributed by atoms with E-state index in [0.29, 0.717) is 0 Å². The van der Waals surface area contributed by atoms with E-state index in [1.54, 1.807) is 0 Å². The third-order valence-corrected chi connectivity index (χ3v) is 3.91. The number of hydrogen-bond donors (Lipinski definition) is 0. The second kappa shape index (κ2) is 7.04. The van der Waals surface area contributed by atoms with Crippen LogP contribution in [0.15, 0.2) is 72.9 Å². The first kappa shape index (κ1) is 14.5. The van der Waals surface area contributed by atoms with Gasteiger partial charge in [-0.3, -0.25) is 4.98 Å². The van der Waals surface area contributed by atoms with Gasteiger partial charge in [-0.25, -0.2) is 0 Å². The van der Waals surface area contributed by atoms with Crippen molar-refractivity contribution >= 4 is 0 Å². The minimum absolute atomic E-state index is 1.04. The first-order valence-corrected chi connectivity index (χ1v) is 7.97. The lowest BCUT2D eigenvalue weighted by molar-refractivity contribution is 0.795. The summed E-state index contributed by atoms with van der Waals surface area (Å²) < 4.78 is 0. The molecule has 0 saturated heterocycles. The van der Waals surface area contributed by atoms with Crippen molar-refractivity contribution in [1.82, 2.24) is 4.98 Å². The van der Waals surface area contributed by atoms with Crippen LogP contribution in [0.2, 0.25) is 0 Å². The smallest absolute Gasteiger partial charge is 0.0708 e. The van der Waals surface area contributed by atoms with Gasteiger partial charge in [-0.05, 0) is 47.7 Å². The molecule has 110 valence electrons. The molecular weight excluding hydrogens is 266 g/mol. The summed E-state index contributed by atoms with van der Waals surface area (Å²) in [6.45, 7) is 2.23. The molecule has 0 spiro atoms. The molecule has 3 rings (SSSR count). The average molecular weight is 287 g/mol. The van der Waals surface area contributed by atoms with E-state index in [0.717, 1.165) is 12.1 Å². The van der Waals surface area contributed by atoms with Gasteiger partial charge in [0.2, 0.25) is 0 Å². The van der Waals surface area contributed by atoms with Crippen LogP contribution in [0.4, 0.5) is 0 Å². The number of unbranched alkanes of at least 4 members (excludes halogenated alkanes) is 1. The maximum absolute atomic E-state index is 4.56. The maximum atomic E-state index is 4.56. The van der Waals surface area contributed by atoms with E-state index in [9.17, 15) is 0 Å². The van der Waals surface area contributed by atoms with E-state index in [1.807, 2.05) is 12.3 Å². The fourth-order valence-electron chi connectivity index (χ4n) is 2.67. The van der Waals surface area contributed by atoms with Crippen LogP contribution in [0.25, 0.3) is 22.4 Å². The lowest BCUT2D eigenvalue weighted by Crippen LogP contribution is -1.89. The van der Waals surface area contributed by atoms with Crippen LogP contribution in [0.5, 0.6) is 0 Å². The third-order valence-electron chi connectivity index (χ3n) is 3.91. The van der Waals surface area contributed by atoms with Gasteiger partial charge >= 0.3 is 0 Å². The maximum Gasteiger partial charge on any atom is 0.0708 e. The largest absolute Gasteiger partial charge is 0.256 e. The van der Waals surface area contributed by atoms with Gasteiger partial charge in [-0.15, -0.1) is 0 Å². The Balaban J connectivity index is 1.92. The van der Waals surface area contributed by atoms with Gasteiger partial charge in [0.05, 0.1) is 5.69 Å². The van der Waals surface area contributed by atoms with Crippen molar-refractivity contribution in [2.45, 2.75) is 26.2 Å². The van der Waals surface area contributed by atoms with Gasteiger partial charge in [0.25, 0.3) is 0 Å². The predicted octanol–water partition coefficient (Wildman–Crippen LogP) is 5.76. The molecule has 0 aliphatic heterocycles. The van der Waals surface area contributed by atoms with E-state index in [4.69, 9.17) is 0 Å². The van der Waals surface area contributed by atoms with Crippen LogP contribution in [-0.4, -0.2) is 4.98 Å². The number of aryl methyl sites for hydroxylation is 1. The van der Waals surface area contributed by atoms with E-state index < -0.39 is 0 Å². The summed E-state index contributed by atoms with van der Waals surface area (Å²) >= 11 is 0. The zero-order chi connectivity index (χ0) is 15.2. The molecular formula is C21H21N. The van der Waals surface area contributed by atoms with Crippen LogP contribution >= 0.6 is 0 Å². The monoisotopic (exact) mass is 287 g/mol. The molecule has 0 radical (unpaired) electrons. The Labute approximate surface area is 132 Å². The van der Waals surface area contributed by atoms with Gasteiger partial charge in [0, 0.05) is 11.8 Å². The molecule has 0 fully saturated rings. The topological polar surface area (TPSA) is 12.9 Å². The highest BCUT2D eigenvalue weighted by molar-refractivity contribution is 5.70. The summed E-state index contributed by atoms with van der Waals surface area (Å²) in [5.74, 6) is 0. The van der Waals surface area contributed by atoms with Crippen LogP contribution in [0.3, 0.4) is 0 Å². The minimum atomic E-state index is 1.04. The molecule has 2 aromatic carbocycles. The standard InChI is InChI=1S/C21H21N/c1-2-3-8-17-9-7-12-20(15-17)21-16-19(13-14-22-21)18-10-5-4-6-11-18/h4-7,9-16H,2-3,8H2,1H3. The molecule has 0 N–H and O–H groups in total. The molecule has 3 aromatic rings. The quantitative estimate of drug-likeness (QED) is 0.581. The SMILES string of the molecule is CCCCc1cccc(-c2cc(-c3ccccc3)ccn2)c1. The second-order valence-corrected chi connectivity index (χ2v) is 5.60. The molecule has 0 unspecified atom stereocenters. The number of hydrogen-bond acceptors (Lipinski definition) is 1. The molecule has 1 heterocycles. The molecule has 0 atom stereocenters. The molecule has 0 bridgehead atoms. The molecule has 1 heteroatoms. The predicted molar refractivity (Wildman–Crippen MR) is 93.7 cm³/mol. The second-order valence-electron chi connectivity index (χ2n) is 5.60. The summed E-state index contributed by atoms with van der Waals surface area (Å²) in [5.41, 5.74) is 6.08. The molecule has 1 nitrogen and oxygen atoms in total. The molecule has 0 saturated carbocycles. The highest BCUT2D eigenvalue weighted by atomic mass is 14.7. The van der Waals surface area contributed by atoms with Crippen molar-refractivity contribution in [2.75, 3.05) is 0 Å². The van der Waals surface area contributed by atoms with E-state index in [-0.39, 0.29) is 0 Å². The van der Waals surface area contributed by atoms with Crippen molar-refractivity contribution in [2.24, 2.45) is 0 Å². The van der Waals surface area contributed by atoms with Crippen molar-refractivity contribution in [3.8, 4) is 22.4 Å². The number of aromatic nitrogens is 1. The van der Waals surface area contributed by atoms with Crippen molar-refractivity contribution in [3.63, 3.8) is 0 Å². The zero-order valence-corrected chi connectivity index (χ0v) is 13.0. The molecule has 0 aliphatic carbocycles. The first-order valence-electron chi connectivity index (χ1n) is 7.97. The average Bonchev–Trinajstić information content (AvgIpc) is 2.61. The summed E-state index contributed by atoms with van der Waals surface area (Å²) in [6, 6.07) is 23.5. The van der Waals surface area contributed by atoms with Crippen LogP contribution in [0.1, 0.15) is 25.3 Å². The highest BCUT2D eigenvalue weighted by Gasteiger charge is 2.03. The number of benzene rings is 2. The lowest BCUT2D eigenvalue weighted by Gasteiger charge is -2.07. The summed E-state index contributed by atoms with van der Waals surface area (Å²) in [6.07, 6.45) is 5.51. The van der Waals surface area contributed by atoms with Gasteiger partial charge in [0.1, 0.15) is 0 Å². The summed E-state index contributed by atoms with van der Waals surface area (Å²) in [5, 5.41) is 0. The minimum Gasteiger partial charge on any atom is -0.256 e. The van der Waals surface area contributed by atoms with Crippen molar-refractivity contribution in [1.29, 1.82) is 0 Å². The summed E-state index contributed by atoms with van der Waals surface area (Å²) in [4.78, 5) is 4.56. The zero-order valence-electron chi connectivity index (χ0n) is 13.0. The van der Waals surface area contributed by atoms with Crippen molar-refractivity contribution < 1.29 is 0 Å². The Bertz CT molecular complexity index is 732. The molecule has 0 amide bonds. The molecule has 22 heavy (non-hydrogen) atoms. The highest BCUT2D eigenvalue weighted by Crippen LogP contribution is 2.25. The number of pyridine rings is 1. The Morgan fingerprint density at radius 1 is 0.773 bits per heavy atom. The van der Waals surface area contributed by atoms with Crippen LogP contribution in [-0.2, 0) is 6.42 Å². The van der Waals surface area contributed by atoms with Crippen LogP contribution in [0, 0.1) is 0 Å². The number of rotatable bonds is 5. The Hall–Kier alpha value is -2.41.